The second kappa shape index (κ2) is 4.50. The Morgan fingerprint density at radius 1 is 1.35 bits per heavy atom. The molecule has 88 valence electrons. The highest BCUT2D eigenvalue weighted by molar-refractivity contribution is 5.57. The molecule has 1 aliphatic heterocycles. The molecule has 2 aromatic heterocycles. The monoisotopic (exact) mass is 230 g/mol. The van der Waals surface area contributed by atoms with Gasteiger partial charge >= 0.3 is 0 Å². The van der Waals surface area contributed by atoms with Gasteiger partial charge in [-0.3, -0.25) is 15.1 Å². The van der Waals surface area contributed by atoms with Gasteiger partial charge in [0.25, 0.3) is 0 Å². The molecule has 1 atom stereocenters. The summed E-state index contributed by atoms with van der Waals surface area (Å²) in [4.78, 5) is 8.25. The van der Waals surface area contributed by atoms with Gasteiger partial charge in [0.1, 0.15) is 11.5 Å². The number of aromatic nitrogens is 4. The Labute approximate surface area is 98.9 Å². The standard InChI is InChI=1S/C11H14N6/c1-2-12-6-8(1)15-11-5-9(16-17-11)10-7-13-3-4-14-10/h3-5,7-8,12H,1-2,6H2,(H2,15,16,17). The summed E-state index contributed by atoms with van der Waals surface area (Å²) in [5.41, 5.74) is 1.68. The number of nitrogens with zero attached hydrogens (tertiary/aromatic N) is 3. The lowest BCUT2D eigenvalue weighted by molar-refractivity contribution is 0.786. The van der Waals surface area contributed by atoms with E-state index >= 15 is 0 Å². The maximum Gasteiger partial charge on any atom is 0.148 e. The van der Waals surface area contributed by atoms with E-state index in [0.717, 1.165) is 36.7 Å². The topological polar surface area (TPSA) is 78.5 Å². The first-order valence-electron chi connectivity index (χ1n) is 5.71. The molecule has 0 spiro atoms. The van der Waals surface area contributed by atoms with Gasteiger partial charge in [-0.25, -0.2) is 0 Å². The first-order chi connectivity index (χ1) is 8.42. The van der Waals surface area contributed by atoms with Crippen LogP contribution in [0.3, 0.4) is 0 Å². The number of rotatable bonds is 3. The molecule has 6 nitrogen and oxygen atoms in total. The van der Waals surface area contributed by atoms with Crippen LogP contribution in [0.1, 0.15) is 6.42 Å². The summed E-state index contributed by atoms with van der Waals surface area (Å²) in [6.07, 6.45) is 6.18. The fourth-order valence-electron chi connectivity index (χ4n) is 1.95. The smallest absolute Gasteiger partial charge is 0.148 e. The maximum absolute atomic E-state index is 4.22. The maximum atomic E-state index is 4.22. The fourth-order valence-corrected chi connectivity index (χ4v) is 1.95. The third kappa shape index (κ3) is 2.26. The predicted octanol–water partition coefficient (Wildman–Crippen LogP) is 0.640. The molecule has 3 rings (SSSR count). The summed E-state index contributed by atoms with van der Waals surface area (Å²) in [5, 5.41) is 13.9. The van der Waals surface area contributed by atoms with Crippen molar-refractivity contribution in [2.45, 2.75) is 12.5 Å². The van der Waals surface area contributed by atoms with Crippen LogP contribution in [0.5, 0.6) is 0 Å². The van der Waals surface area contributed by atoms with Crippen molar-refractivity contribution in [3.05, 3.63) is 24.7 Å². The summed E-state index contributed by atoms with van der Waals surface area (Å²) in [5.74, 6) is 0.861. The van der Waals surface area contributed by atoms with E-state index in [-0.39, 0.29) is 0 Å². The van der Waals surface area contributed by atoms with Gasteiger partial charge in [0, 0.05) is 31.0 Å². The Morgan fingerprint density at radius 3 is 3.12 bits per heavy atom. The molecule has 1 aliphatic rings. The third-order valence-corrected chi connectivity index (χ3v) is 2.83. The number of aromatic amines is 1. The highest BCUT2D eigenvalue weighted by atomic mass is 15.2. The van der Waals surface area contributed by atoms with Crippen LogP contribution in [0, 0.1) is 0 Å². The van der Waals surface area contributed by atoms with Crippen molar-refractivity contribution in [3.63, 3.8) is 0 Å². The van der Waals surface area contributed by atoms with Crippen molar-refractivity contribution >= 4 is 5.82 Å². The minimum absolute atomic E-state index is 0.466. The zero-order valence-electron chi connectivity index (χ0n) is 9.35. The predicted molar refractivity (Wildman–Crippen MR) is 64.5 cm³/mol. The van der Waals surface area contributed by atoms with Crippen molar-refractivity contribution in [2.75, 3.05) is 18.4 Å². The lowest BCUT2D eigenvalue weighted by Crippen LogP contribution is -2.22. The van der Waals surface area contributed by atoms with Crippen molar-refractivity contribution < 1.29 is 0 Å². The van der Waals surface area contributed by atoms with E-state index in [9.17, 15) is 0 Å². The molecular formula is C11H14N6. The van der Waals surface area contributed by atoms with Gasteiger partial charge < -0.3 is 10.6 Å². The number of hydrogen-bond donors (Lipinski definition) is 3. The molecular weight excluding hydrogens is 216 g/mol. The highest BCUT2D eigenvalue weighted by Gasteiger charge is 2.15. The summed E-state index contributed by atoms with van der Waals surface area (Å²) in [7, 11) is 0. The largest absolute Gasteiger partial charge is 0.365 e. The molecule has 1 fully saturated rings. The number of hydrogen-bond acceptors (Lipinski definition) is 5. The van der Waals surface area contributed by atoms with Gasteiger partial charge in [-0.05, 0) is 13.0 Å². The van der Waals surface area contributed by atoms with Crippen molar-refractivity contribution in [2.24, 2.45) is 0 Å². The van der Waals surface area contributed by atoms with Crippen molar-refractivity contribution in [1.82, 2.24) is 25.5 Å². The Balaban J connectivity index is 1.74. The number of nitrogens with one attached hydrogen (secondary N) is 3. The second-order valence-corrected chi connectivity index (χ2v) is 4.09. The second-order valence-electron chi connectivity index (χ2n) is 4.09. The van der Waals surface area contributed by atoms with Gasteiger partial charge in [0.2, 0.25) is 0 Å². The molecule has 1 saturated heterocycles. The molecule has 17 heavy (non-hydrogen) atoms. The van der Waals surface area contributed by atoms with Crippen molar-refractivity contribution in [1.29, 1.82) is 0 Å². The average molecular weight is 230 g/mol. The van der Waals surface area contributed by atoms with Gasteiger partial charge in [-0.2, -0.15) is 5.10 Å². The first-order valence-corrected chi connectivity index (χ1v) is 5.71. The molecule has 0 amide bonds. The molecule has 3 N–H and O–H groups in total. The molecule has 6 heteroatoms. The average Bonchev–Trinajstić information content (AvgIpc) is 3.02. The molecule has 2 aromatic rings. The van der Waals surface area contributed by atoms with Crippen LogP contribution in [-0.2, 0) is 0 Å². The summed E-state index contributed by atoms with van der Waals surface area (Å²) < 4.78 is 0. The Hall–Kier alpha value is -1.95. The molecule has 0 bridgehead atoms. The molecule has 0 aromatic carbocycles. The van der Waals surface area contributed by atoms with Crippen LogP contribution in [0.15, 0.2) is 24.7 Å². The quantitative estimate of drug-likeness (QED) is 0.721. The van der Waals surface area contributed by atoms with Crippen LogP contribution in [-0.4, -0.2) is 39.3 Å². The fraction of sp³-hybridized carbons (Fsp3) is 0.364. The van der Waals surface area contributed by atoms with E-state index in [4.69, 9.17) is 0 Å². The Morgan fingerprint density at radius 2 is 2.35 bits per heavy atom. The SMILES string of the molecule is c1cnc(-c2cc(NC3CCNC3)n[nH]2)cn1. The first kappa shape index (κ1) is 10.2. The van der Waals surface area contributed by atoms with E-state index in [1.165, 1.54) is 0 Å². The van der Waals surface area contributed by atoms with Gasteiger partial charge in [0.15, 0.2) is 0 Å². The zero-order valence-corrected chi connectivity index (χ0v) is 9.35. The Kier molecular flexibility index (Phi) is 2.71. The third-order valence-electron chi connectivity index (χ3n) is 2.83. The van der Waals surface area contributed by atoms with E-state index in [1.54, 1.807) is 18.6 Å². The highest BCUT2D eigenvalue weighted by Crippen LogP contribution is 2.17. The van der Waals surface area contributed by atoms with E-state index < -0.39 is 0 Å². The summed E-state index contributed by atoms with van der Waals surface area (Å²) in [6, 6.07) is 2.43. The normalized spacial score (nSPS) is 19.4. The zero-order chi connectivity index (χ0) is 11.5. The minimum atomic E-state index is 0.466. The summed E-state index contributed by atoms with van der Waals surface area (Å²) >= 11 is 0. The van der Waals surface area contributed by atoms with Gasteiger partial charge in [-0.1, -0.05) is 0 Å². The van der Waals surface area contributed by atoms with Crippen LogP contribution in [0.25, 0.3) is 11.4 Å². The lowest BCUT2D eigenvalue weighted by atomic mass is 10.2. The van der Waals surface area contributed by atoms with Gasteiger partial charge in [0.05, 0.1) is 11.9 Å². The van der Waals surface area contributed by atoms with E-state index in [0.29, 0.717) is 6.04 Å². The minimum Gasteiger partial charge on any atom is -0.365 e. The molecule has 0 aliphatic carbocycles. The summed E-state index contributed by atoms with van der Waals surface area (Å²) in [6.45, 7) is 2.06. The number of H-pyrrole nitrogens is 1. The molecule has 1 unspecified atom stereocenters. The van der Waals surface area contributed by atoms with Gasteiger partial charge in [-0.15, -0.1) is 0 Å². The van der Waals surface area contributed by atoms with E-state index in [1.807, 2.05) is 6.07 Å². The molecule has 0 saturated carbocycles. The van der Waals surface area contributed by atoms with Crippen LogP contribution >= 0.6 is 0 Å². The number of anilines is 1. The van der Waals surface area contributed by atoms with Crippen LogP contribution in [0.4, 0.5) is 5.82 Å². The van der Waals surface area contributed by atoms with Crippen LogP contribution in [0.2, 0.25) is 0 Å². The van der Waals surface area contributed by atoms with E-state index in [2.05, 4.69) is 30.8 Å². The Bertz CT molecular complexity index is 474. The molecule has 0 radical (unpaired) electrons. The van der Waals surface area contributed by atoms with Crippen molar-refractivity contribution in [3.8, 4) is 11.4 Å². The molecule has 3 heterocycles. The van der Waals surface area contributed by atoms with Crippen LogP contribution < -0.4 is 10.6 Å². The lowest BCUT2D eigenvalue weighted by Gasteiger charge is -2.08.